The number of hydrogen-bond acceptors (Lipinski definition) is 3. The predicted octanol–water partition coefficient (Wildman–Crippen LogP) is 9.17. The van der Waals surface area contributed by atoms with Crippen molar-refractivity contribution in [3.8, 4) is 39.7 Å². The van der Waals surface area contributed by atoms with Crippen molar-refractivity contribution in [1.82, 2.24) is 0 Å². The van der Waals surface area contributed by atoms with Gasteiger partial charge in [0, 0.05) is 11.6 Å². The lowest BCUT2D eigenvalue weighted by molar-refractivity contribution is 0.340. The zero-order valence-corrected chi connectivity index (χ0v) is 21.9. The second kappa shape index (κ2) is 14.0. The Kier molecular flexibility index (Phi) is 10.5. The van der Waals surface area contributed by atoms with Gasteiger partial charge in [0.15, 0.2) is 0 Å². The summed E-state index contributed by atoms with van der Waals surface area (Å²) in [5, 5.41) is 0. The summed E-state index contributed by atoms with van der Waals surface area (Å²) in [7, 11) is -4.33. The van der Waals surface area contributed by atoms with Crippen LogP contribution >= 0.6 is 0 Å². The highest BCUT2D eigenvalue weighted by Gasteiger charge is 2.20. The molecule has 9 heteroatoms. The maximum absolute atomic E-state index is 9.75. The monoisotopic (exact) mass is 540 g/mol. The van der Waals surface area contributed by atoms with Crippen LogP contribution in [0.5, 0.6) is 17.2 Å². The van der Waals surface area contributed by atoms with E-state index in [0.29, 0.717) is 13.2 Å². The fourth-order valence-corrected chi connectivity index (χ4v) is 3.60. The Hall–Kier alpha value is -4.27. The number of rotatable bonds is 9. The molecule has 0 aliphatic heterocycles. The minimum Gasteiger partial charge on any atom is -0.497 e. The van der Waals surface area contributed by atoms with Crippen LogP contribution < -0.4 is 14.2 Å². The molecular weight excluding hydrogens is 511 g/mol. The third kappa shape index (κ3) is 9.85. The van der Waals surface area contributed by atoms with Crippen LogP contribution in [-0.4, -0.2) is 27.6 Å². The van der Waals surface area contributed by atoms with Gasteiger partial charge in [-0.2, -0.15) is 0 Å². The van der Waals surface area contributed by atoms with E-state index in [2.05, 4.69) is 18.2 Å². The first-order valence-corrected chi connectivity index (χ1v) is 12.3. The molecule has 0 atom stereocenters. The topological polar surface area (TPSA) is 39.0 Å². The van der Waals surface area contributed by atoms with Crippen molar-refractivity contribution in [3.05, 3.63) is 96.3 Å². The van der Waals surface area contributed by atoms with Crippen molar-refractivity contribution in [3.63, 3.8) is 0 Å². The van der Waals surface area contributed by atoms with Crippen LogP contribution in [0.1, 0.15) is 25.2 Å². The zero-order chi connectivity index (χ0) is 28.3. The zero-order valence-electron chi connectivity index (χ0n) is 21.9. The largest absolute Gasteiger partial charge is 0.673 e. The molecule has 0 fully saturated rings. The number of halogens is 4. The summed E-state index contributed by atoms with van der Waals surface area (Å²) >= 11 is 0. The van der Waals surface area contributed by atoms with Gasteiger partial charge in [-0.15, -0.1) is 0 Å². The van der Waals surface area contributed by atoms with Crippen molar-refractivity contribution in [2.24, 2.45) is 0 Å². The summed E-state index contributed by atoms with van der Waals surface area (Å²) in [6.07, 6.45) is 4.01. The van der Waals surface area contributed by atoms with Gasteiger partial charge in [-0.1, -0.05) is 24.3 Å². The molecule has 0 saturated heterocycles. The quantitative estimate of drug-likeness (QED) is 0.121. The Morgan fingerprint density at radius 1 is 0.641 bits per heavy atom. The molecule has 4 rings (SSSR count). The van der Waals surface area contributed by atoms with Gasteiger partial charge in [0.2, 0.25) is 0 Å². The first kappa shape index (κ1) is 29.3. The Bertz CT molecular complexity index is 1260. The van der Waals surface area contributed by atoms with Gasteiger partial charge in [0.25, 0.3) is 0 Å². The number of ether oxygens (including phenoxy) is 3. The average molecular weight is 540 g/mol. The molecule has 0 saturated carbocycles. The van der Waals surface area contributed by atoms with Crippen molar-refractivity contribution < 1.29 is 35.9 Å². The Morgan fingerprint density at radius 3 is 1.62 bits per heavy atom. The molecule has 0 spiro atoms. The molecule has 3 aromatic carbocycles. The standard InChI is InChI=1S/C30H29O4.BF4/c1-4-32-27-16-9-23(10-17-27)25-20-29(15-8-22-6-13-26(31-3)14-7-22)34-30(21-25)24-11-18-28(19-12-24)33-5-2;2-1(3,4)5/h6-21H,4-5H2,1-3H3;/q+1;-1. The highest BCUT2D eigenvalue weighted by atomic mass is 19.5. The molecule has 1 aromatic heterocycles. The van der Waals surface area contributed by atoms with Gasteiger partial charge >= 0.3 is 18.8 Å². The van der Waals surface area contributed by atoms with Crippen LogP contribution in [0.15, 0.2) is 89.3 Å². The SMILES string of the molecule is CCOc1ccc(-c2cc(C=Cc3ccc(OC)cc3)[o+]c(-c3ccc(OCC)cc3)c2)cc1.F[B-](F)(F)F. The maximum Gasteiger partial charge on any atom is 0.673 e. The van der Waals surface area contributed by atoms with Crippen LogP contribution in [0.25, 0.3) is 34.6 Å². The van der Waals surface area contributed by atoms with Gasteiger partial charge in [-0.25, -0.2) is 4.42 Å². The van der Waals surface area contributed by atoms with Crippen LogP contribution in [0.4, 0.5) is 17.3 Å². The first-order valence-electron chi connectivity index (χ1n) is 12.3. The van der Waals surface area contributed by atoms with Gasteiger partial charge < -0.3 is 31.5 Å². The molecule has 0 radical (unpaired) electrons. The van der Waals surface area contributed by atoms with Gasteiger partial charge in [-0.05, 0) is 79.6 Å². The van der Waals surface area contributed by atoms with Gasteiger partial charge in [0.1, 0.15) is 17.2 Å². The lowest BCUT2D eigenvalue weighted by Crippen LogP contribution is -2.02. The smallest absolute Gasteiger partial charge is 0.497 e. The summed E-state index contributed by atoms with van der Waals surface area (Å²) in [6, 6.07) is 28.1. The average Bonchev–Trinajstić information content (AvgIpc) is 2.92. The summed E-state index contributed by atoms with van der Waals surface area (Å²) in [5.74, 6) is 4.07. The van der Waals surface area contributed by atoms with E-state index < -0.39 is 7.25 Å². The van der Waals surface area contributed by atoms with Gasteiger partial charge in [0.05, 0.1) is 38.0 Å². The molecule has 204 valence electrons. The first-order chi connectivity index (χ1) is 18.7. The predicted molar refractivity (Wildman–Crippen MR) is 148 cm³/mol. The number of benzene rings is 3. The Labute approximate surface area is 225 Å². The summed E-state index contributed by atoms with van der Waals surface area (Å²) in [6.45, 7) is 5.24. The molecule has 0 aliphatic carbocycles. The molecular formula is C30H29BF4O4. The van der Waals surface area contributed by atoms with Crippen molar-refractivity contribution in [2.45, 2.75) is 13.8 Å². The maximum atomic E-state index is 9.75. The third-order valence-corrected chi connectivity index (χ3v) is 5.32. The fraction of sp³-hybridized carbons (Fsp3) is 0.167. The van der Waals surface area contributed by atoms with E-state index in [1.165, 1.54) is 0 Å². The van der Waals surface area contributed by atoms with Gasteiger partial charge in [-0.3, -0.25) is 0 Å². The minimum atomic E-state index is -6.00. The lowest BCUT2D eigenvalue weighted by Gasteiger charge is -2.05. The highest BCUT2D eigenvalue weighted by molar-refractivity contribution is 6.50. The van der Waals surface area contributed by atoms with E-state index in [1.807, 2.05) is 92.7 Å². The fourth-order valence-electron chi connectivity index (χ4n) is 3.60. The van der Waals surface area contributed by atoms with Crippen LogP contribution in [0.2, 0.25) is 0 Å². The van der Waals surface area contributed by atoms with Crippen molar-refractivity contribution in [1.29, 1.82) is 0 Å². The Morgan fingerprint density at radius 2 is 1.13 bits per heavy atom. The van der Waals surface area contributed by atoms with Crippen LogP contribution in [0, 0.1) is 0 Å². The molecule has 0 unspecified atom stereocenters. The van der Waals surface area contributed by atoms with Crippen LogP contribution in [-0.2, 0) is 0 Å². The van der Waals surface area contributed by atoms with Crippen molar-refractivity contribution in [2.75, 3.05) is 20.3 Å². The van der Waals surface area contributed by atoms with E-state index in [1.54, 1.807) is 7.11 Å². The van der Waals surface area contributed by atoms with Crippen molar-refractivity contribution >= 4 is 19.4 Å². The second-order valence-electron chi connectivity index (χ2n) is 8.13. The highest BCUT2D eigenvalue weighted by Crippen LogP contribution is 2.31. The van der Waals surface area contributed by atoms with Crippen LogP contribution in [0.3, 0.4) is 0 Å². The number of methoxy groups -OCH3 is 1. The van der Waals surface area contributed by atoms with E-state index in [-0.39, 0.29) is 0 Å². The molecule has 0 bridgehead atoms. The van der Waals surface area contributed by atoms with E-state index in [9.17, 15) is 17.3 Å². The third-order valence-electron chi connectivity index (χ3n) is 5.32. The molecule has 0 aliphatic rings. The molecule has 0 N–H and O–H groups in total. The summed E-state index contributed by atoms with van der Waals surface area (Å²) in [4.78, 5) is 0. The van der Waals surface area contributed by atoms with E-state index in [4.69, 9.17) is 18.6 Å². The Balaban J connectivity index is 0.000000771. The number of hydrogen-bond donors (Lipinski definition) is 0. The summed E-state index contributed by atoms with van der Waals surface area (Å²) < 4.78 is 61.7. The molecule has 0 amide bonds. The van der Waals surface area contributed by atoms with E-state index >= 15 is 0 Å². The normalized spacial score (nSPS) is 11.1. The molecule has 39 heavy (non-hydrogen) atoms. The summed E-state index contributed by atoms with van der Waals surface area (Å²) in [5.41, 5.74) is 4.19. The molecule has 1 heterocycles. The van der Waals surface area contributed by atoms with E-state index in [0.717, 1.165) is 51.0 Å². The molecule has 4 nitrogen and oxygen atoms in total. The minimum absolute atomic E-state index is 0.636. The molecule has 4 aromatic rings. The second-order valence-corrected chi connectivity index (χ2v) is 8.13. The lowest BCUT2D eigenvalue weighted by atomic mass is 10.0.